The van der Waals surface area contributed by atoms with Crippen LogP contribution in [-0.4, -0.2) is 11.1 Å². The number of hydrogen-bond donors (Lipinski definition) is 2. The van der Waals surface area contributed by atoms with Crippen molar-refractivity contribution in [3.63, 3.8) is 0 Å². The quantitative estimate of drug-likeness (QED) is 0.876. The summed E-state index contributed by atoms with van der Waals surface area (Å²) in [4.78, 5) is 11.6. The lowest BCUT2D eigenvalue weighted by atomic mass is 9.99. The minimum Gasteiger partial charge on any atom is -0.479 e. The number of aryl methyl sites for hydroxylation is 2. The van der Waals surface area contributed by atoms with Crippen molar-refractivity contribution in [3.05, 3.63) is 63.6 Å². The van der Waals surface area contributed by atoms with Gasteiger partial charge in [0.05, 0.1) is 0 Å². The Balaban J connectivity index is 2.34. The Morgan fingerprint density at radius 1 is 1.20 bits per heavy atom. The van der Waals surface area contributed by atoms with Crippen LogP contribution in [0.4, 0.5) is 5.69 Å². The summed E-state index contributed by atoms with van der Waals surface area (Å²) in [5.41, 5.74) is 3.65. The van der Waals surface area contributed by atoms with Crippen LogP contribution in [0.1, 0.15) is 22.7 Å². The molecule has 2 aromatic rings. The summed E-state index contributed by atoms with van der Waals surface area (Å²) in [7, 11) is 0. The Kier molecular flexibility index (Phi) is 4.45. The zero-order chi connectivity index (χ0) is 14.7. The van der Waals surface area contributed by atoms with Gasteiger partial charge in [0, 0.05) is 10.2 Å². The maximum Gasteiger partial charge on any atom is 0.330 e. The Bertz CT molecular complexity index is 640. The van der Waals surface area contributed by atoms with Crippen molar-refractivity contribution in [2.45, 2.75) is 19.9 Å². The maximum absolute atomic E-state index is 11.6. The molecule has 1 unspecified atom stereocenters. The summed E-state index contributed by atoms with van der Waals surface area (Å²) < 4.78 is 0.910. The summed E-state index contributed by atoms with van der Waals surface area (Å²) >= 11 is 3.38. The first-order valence-electron chi connectivity index (χ1n) is 6.29. The predicted molar refractivity (Wildman–Crippen MR) is 84.1 cm³/mol. The normalized spacial score (nSPS) is 11.9. The van der Waals surface area contributed by atoms with E-state index in [1.807, 2.05) is 56.3 Å². The van der Waals surface area contributed by atoms with Crippen LogP contribution in [0.2, 0.25) is 0 Å². The fourth-order valence-electron chi connectivity index (χ4n) is 2.17. The molecule has 0 bridgehead atoms. The second kappa shape index (κ2) is 6.09. The number of carbonyl (C=O) groups is 1. The predicted octanol–water partition coefficient (Wildman–Crippen LogP) is 4.30. The summed E-state index contributed by atoms with van der Waals surface area (Å²) in [6, 6.07) is 12.5. The van der Waals surface area contributed by atoms with Crippen LogP contribution in [0.3, 0.4) is 0 Å². The second-order valence-corrected chi connectivity index (χ2v) is 5.70. The number of rotatable bonds is 4. The number of anilines is 1. The molecule has 2 rings (SSSR count). The molecule has 2 aromatic carbocycles. The van der Waals surface area contributed by atoms with E-state index in [4.69, 9.17) is 0 Å². The third kappa shape index (κ3) is 3.39. The minimum atomic E-state index is -0.892. The Hall–Kier alpha value is -1.81. The molecule has 0 aromatic heterocycles. The molecule has 0 fully saturated rings. The lowest BCUT2D eigenvalue weighted by Gasteiger charge is -2.18. The first kappa shape index (κ1) is 14.6. The number of carboxylic acid groups (broad SMARTS) is 1. The van der Waals surface area contributed by atoms with Gasteiger partial charge in [0.2, 0.25) is 0 Å². The summed E-state index contributed by atoms with van der Waals surface area (Å²) in [6.07, 6.45) is 0. The molecule has 3 nitrogen and oxygen atoms in total. The molecule has 104 valence electrons. The molecule has 20 heavy (non-hydrogen) atoms. The molecular weight excluding hydrogens is 318 g/mol. The molecule has 0 radical (unpaired) electrons. The zero-order valence-electron chi connectivity index (χ0n) is 11.4. The van der Waals surface area contributed by atoms with E-state index >= 15 is 0 Å². The number of halogens is 1. The molecule has 0 spiro atoms. The fraction of sp³-hybridized carbons (Fsp3) is 0.188. The van der Waals surface area contributed by atoms with Crippen LogP contribution in [0.25, 0.3) is 0 Å². The van der Waals surface area contributed by atoms with Gasteiger partial charge in [0.15, 0.2) is 6.04 Å². The average Bonchev–Trinajstić information content (AvgIpc) is 2.36. The third-order valence-corrected chi connectivity index (χ3v) is 3.61. The van der Waals surface area contributed by atoms with Gasteiger partial charge in [-0.2, -0.15) is 0 Å². The molecule has 0 aliphatic rings. The molecule has 0 aliphatic carbocycles. The third-order valence-electron chi connectivity index (χ3n) is 3.12. The molecule has 0 saturated heterocycles. The van der Waals surface area contributed by atoms with Crippen molar-refractivity contribution in [2.24, 2.45) is 0 Å². The zero-order valence-corrected chi connectivity index (χ0v) is 12.9. The van der Waals surface area contributed by atoms with E-state index in [1.165, 1.54) is 0 Å². The van der Waals surface area contributed by atoms with Crippen molar-refractivity contribution in [1.82, 2.24) is 0 Å². The van der Waals surface area contributed by atoms with Crippen LogP contribution in [-0.2, 0) is 4.79 Å². The lowest BCUT2D eigenvalue weighted by molar-refractivity contribution is -0.138. The molecule has 4 heteroatoms. The molecule has 0 saturated carbocycles. The Labute approximate surface area is 126 Å². The van der Waals surface area contributed by atoms with Crippen LogP contribution in [0.5, 0.6) is 0 Å². The van der Waals surface area contributed by atoms with Gasteiger partial charge in [-0.05, 0) is 43.2 Å². The van der Waals surface area contributed by atoms with Gasteiger partial charge in [-0.3, -0.25) is 0 Å². The highest BCUT2D eigenvalue weighted by Crippen LogP contribution is 2.25. The van der Waals surface area contributed by atoms with E-state index in [-0.39, 0.29) is 0 Å². The summed E-state index contributed by atoms with van der Waals surface area (Å²) in [5.74, 6) is -0.892. The average molecular weight is 334 g/mol. The molecule has 0 heterocycles. The number of aliphatic carboxylic acids is 1. The van der Waals surface area contributed by atoms with Gasteiger partial charge in [0.1, 0.15) is 0 Å². The van der Waals surface area contributed by atoms with Crippen LogP contribution >= 0.6 is 15.9 Å². The van der Waals surface area contributed by atoms with Crippen LogP contribution in [0, 0.1) is 13.8 Å². The van der Waals surface area contributed by atoms with E-state index in [9.17, 15) is 9.90 Å². The highest BCUT2D eigenvalue weighted by atomic mass is 79.9. The van der Waals surface area contributed by atoms with Gasteiger partial charge in [-0.25, -0.2) is 4.79 Å². The minimum absolute atomic E-state index is 0.759. The maximum atomic E-state index is 11.6. The first-order chi connectivity index (χ1) is 9.47. The molecule has 0 aliphatic heterocycles. The topological polar surface area (TPSA) is 49.3 Å². The van der Waals surface area contributed by atoms with Crippen molar-refractivity contribution in [1.29, 1.82) is 0 Å². The fourth-order valence-corrected chi connectivity index (χ4v) is 2.57. The van der Waals surface area contributed by atoms with Crippen molar-refractivity contribution in [3.8, 4) is 0 Å². The van der Waals surface area contributed by atoms with Gasteiger partial charge < -0.3 is 10.4 Å². The standard InChI is InChI=1S/C16H16BrNO2/c1-10-6-7-14(11(2)8-10)15(16(19)20)18-13-5-3-4-12(17)9-13/h3-9,15,18H,1-2H3,(H,19,20). The van der Waals surface area contributed by atoms with Gasteiger partial charge >= 0.3 is 5.97 Å². The summed E-state index contributed by atoms with van der Waals surface area (Å²) in [6.45, 7) is 3.93. The van der Waals surface area contributed by atoms with Gasteiger partial charge in [-0.1, -0.05) is 45.8 Å². The molecular formula is C16H16BrNO2. The number of benzene rings is 2. The lowest BCUT2D eigenvalue weighted by Crippen LogP contribution is -2.21. The van der Waals surface area contributed by atoms with E-state index in [2.05, 4.69) is 21.2 Å². The molecule has 2 N–H and O–H groups in total. The first-order valence-corrected chi connectivity index (χ1v) is 7.09. The smallest absolute Gasteiger partial charge is 0.330 e. The highest BCUT2D eigenvalue weighted by Gasteiger charge is 2.21. The van der Waals surface area contributed by atoms with Crippen molar-refractivity contribution >= 4 is 27.6 Å². The Morgan fingerprint density at radius 2 is 1.95 bits per heavy atom. The van der Waals surface area contributed by atoms with E-state index in [1.54, 1.807) is 0 Å². The number of carboxylic acids is 1. The molecule has 1 atom stereocenters. The SMILES string of the molecule is Cc1ccc(C(Nc2cccc(Br)c2)C(=O)O)c(C)c1. The van der Waals surface area contributed by atoms with Crippen molar-refractivity contribution in [2.75, 3.05) is 5.32 Å². The summed E-state index contributed by atoms with van der Waals surface area (Å²) in [5, 5.41) is 12.5. The monoisotopic (exact) mass is 333 g/mol. The second-order valence-electron chi connectivity index (χ2n) is 4.79. The number of hydrogen-bond acceptors (Lipinski definition) is 2. The van der Waals surface area contributed by atoms with Crippen LogP contribution in [0.15, 0.2) is 46.9 Å². The van der Waals surface area contributed by atoms with E-state index in [0.29, 0.717) is 0 Å². The van der Waals surface area contributed by atoms with Gasteiger partial charge in [0.25, 0.3) is 0 Å². The largest absolute Gasteiger partial charge is 0.479 e. The van der Waals surface area contributed by atoms with E-state index < -0.39 is 12.0 Å². The molecule has 0 amide bonds. The Morgan fingerprint density at radius 3 is 2.55 bits per heavy atom. The number of nitrogens with one attached hydrogen (secondary N) is 1. The van der Waals surface area contributed by atoms with Crippen LogP contribution < -0.4 is 5.32 Å². The highest BCUT2D eigenvalue weighted by molar-refractivity contribution is 9.10. The van der Waals surface area contributed by atoms with E-state index in [0.717, 1.165) is 26.9 Å². The van der Waals surface area contributed by atoms with Gasteiger partial charge in [-0.15, -0.1) is 0 Å². The van der Waals surface area contributed by atoms with Crippen molar-refractivity contribution < 1.29 is 9.90 Å².